The van der Waals surface area contributed by atoms with Crippen LogP contribution in [0, 0.1) is 13.8 Å². The first-order valence-electron chi connectivity index (χ1n) is 11.7. The Balaban J connectivity index is 1.67. The Hall–Kier alpha value is -3.28. The van der Waals surface area contributed by atoms with Crippen molar-refractivity contribution in [2.75, 3.05) is 13.7 Å². The van der Waals surface area contributed by atoms with Crippen LogP contribution in [0.3, 0.4) is 0 Å². The van der Waals surface area contributed by atoms with Crippen LogP contribution in [-0.4, -0.2) is 39.4 Å². The zero-order valence-corrected chi connectivity index (χ0v) is 20.0. The summed E-state index contributed by atoms with van der Waals surface area (Å²) in [4.78, 5) is 29.3. The smallest absolute Gasteiger partial charge is 0.227 e. The van der Waals surface area contributed by atoms with Crippen LogP contribution in [0.4, 0.5) is 0 Å². The number of hydrogen-bond acceptors (Lipinski definition) is 5. The summed E-state index contributed by atoms with van der Waals surface area (Å²) in [5, 5.41) is 0. The van der Waals surface area contributed by atoms with Crippen molar-refractivity contribution in [1.82, 2.24) is 19.9 Å². The standard InChI is InChI=1S/C27H32N4O2/c1-5-7-25-29-17-22(21-11-12-28-16-19(21)3)27(30-25)23-8-6-13-31(23)26(32)15-20-9-10-24(33-4)18(2)14-20/h9-12,14,16-17,23H,5-8,13,15H2,1-4H3/t23-/m0/s1. The van der Waals surface area contributed by atoms with Crippen molar-refractivity contribution in [3.05, 3.63) is 71.1 Å². The number of aromatic nitrogens is 3. The van der Waals surface area contributed by atoms with Crippen molar-refractivity contribution in [1.29, 1.82) is 0 Å². The van der Waals surface area contributed by atoms with Crippen molar-refractivity contribution in [3.8, 4) is 16.9 Å². The minimum atomic E-state index is -0.0435. The van der Waals surface area contributed by atoms with Gasteiger partial charge >= 0.3 is 0 Å². The molecule has 1 aliphatic rings. The molecule has 6 heteroatoms. The Kier molecular flexibility index (Phi) is 7.02. The van der Waals surface area contributed by atoms with Crippen molar-refractivity contribution in [2.45, 2.75) is 58.9 Å². The van der Waals surface area contributed by atoms with Crippen LogP contribution < -0.4 is 4.74 Å². The fourth-order valence-corrected chi connectivity index (χ4v) is 4.69. The number of pyridine rings is 1. The van der Waals surface area contributed by atoms with E-state index in [2.05, 4.69) is 23.8 Å². The number of amides is 1. The molecule has 0 radical (unpaired) electrons. The third kappa shape index (κ3) is 4.90. The van der Waals surface area contributed by atoms with Crippen LogP contribution in [-0.2, 0) is 17.6 Å². The molecule has 1 aromatic carbocycles. The van der Waals surface area contributed by atoms with E-state index >= 15 is 0 Å². The Bertz CT molecular complexity index is 1140. The van der Waals surface area contributed by atoms with E-state index < -0.39 is 0 Å². The Labute approximate surface area is 196 Å². The number of aryl methyl sites for hydroxylation is 3. The maximum absolute atomic E-state index is 13.4. The maximum Gasteiger partial charge on any atom is 0.227 e. The number of methoxy groups -OCH3 is 1. The topological polar surface area (TPSA) is 68.2 Å². The number of benzene rings is 1. The molecule has 1 fully saturated rings. The van der Waals surface area contributed by atoms with Gasteiger partial charge in [0.1, 0.15) is 11.6 Å². The van der Waals surface area contributed by atoms with Crippen LogP contribution >= 0.6 is 0 Å². The van der Waals surface area contributed by atoms with Gasteiger partial charge in [0, 0.05) is 37.1 Å². The first-order chi connectivity index (χ1) is 16.0. The van der Waals surface area contributed by atoms with Crippen molar-refractivity contribution in [2.24, 2.45) is 0 Å². The molecule has 0 aliphatic carbocycles. The molecule has 0 N–H and O–H groups in total. The monoisotopic (exact) mass is 444 g/mol. The van der Waals surface area contributed by atoms with Crippen LogP contribution in [0.5, 0.6) is 5.75 Å². The third-order valence-electron chi connectivity index (χ3n) is 6.36. The Morgan fingerprint density at radius 3 is 2.73 bits per heavy atom. The average molecular weight is 445 g/mol. The predicted molar refractivity (Wildman–Crippen MR) is 129 cm³/mol. The number of ether oxygens (including phenoxy) is 1. The second-order valence-electron chi connectivity index (χ2n) is 8.75. The molecule has 0 unspecified atom stereocenters. The van der Waals surface area contributed by atoms with Gasteiger partial charge in [0.05, 0.1) is 25.3 Å². The largest absolute Gasteiger partial charge is 0.496 e. The number of carbonyl (C=O) groups excluding carboxylic acids is 1. The first kappa shape index (κ1) is 22.9. The van der Waals surface area contributed by atoms with Crippen molar-refractivity contribution >= 4 is 5.91 Å². The van der Waals surface area contributed by atoms with E-state index in [0.29, 0.717) is 6.42 Å². The molecule has 3 aromatic rings. The lowest BCUT2D eigenvalue weighted by Gasteiger charge is -2.27. The molecule has 0 bridgehead atoms. The zero-order chi connectivity index (χ0) is 23.4. The van der Waals surface area contributed by atoms with Gasteiger partial charge in [-0.2, -0.15) is 0 Å². The minimum absolute atomic E-state index is 0.0435. The van der Waals surface area contributed by atoms with Gasteiger partial charge in [0.2, 0.25) is 5.91 Å². The average Bonchev–Trinajstić information content (AvgIpc) is 3.30. The van der Waals surface area contributed by atoms with Crippen LogP contribution in [0.25, 0.3) is 11.1 Å². The molecular formula is C27H32N4O2. The summed E-state index contributed by atoms with van der Waals surface area (Å²) in [7, 11) is 1.67. The highest BCUT2D eigenvalue weighted by Crippen LogP contribution is 2.37. The molecule has 172 valence electrons. The van der Waals surface area contributed by atoms with Crippen molar-refractivity contribution < 1.29 is 9.53 Å². The number of likely N-dealkylation sites (tertiary alicyclic amines) is 1. The van der Waals surface area contributed by atoms with Gasteiger partial charge in [-0.3, -0.25) is 9.78 Å². The second kappa shape index (κ2) is 10.1. The molecule has 0 saturated carbocycles. The summed E-state index contributed by atoms with van der Waals surface area (Å²) >= 11 is 0. The van der Waals surface area contributed by atoms with Gasteiger partial charge in [0.25, 0.3) is 0 Å². The number of rotatable bonds is 7. The normalized spacial score (nSPS) is 15.6. The van der Waals surface area contributed by atoms with E-state index in [9.17, 15) is 4.79 Å². The van der Waals surface area contributed by atoms with Gasteiger partial charge in [-0.15, -0.1) is 0 Å². The number of nitrogens with zero attached hydrogens (tertiary/aromatic N) is 4. The molecule has 4 rings (SSSR count). The van der Waals surface area contributed by atoms with Crippen LogP contribution in [0.2, 0.25) is 0 Å². The molecule has 1 saturated heterocycles. The number of carbonyl (C=O) groups is 1. The molecule has 0 spiro atoms. The minimum Gasteiger partial charge on any atom is -0.496 e. The second-order valence-corrected chi connectivity index (χ2v) is 8.75. The molecule has 33 heavy (non-hydrogen) atoms. The zero-order valence-electron chi connectivity index (χ0n) is 20.0. The Morgan fingerprint density at radius 2 is 2.00 bits per heavy atom. The lowest BCUT2D eigenvalue weighted by Crippen LogP contribution is -2.32. The summed E-state index contributed by atoms with van der Waals surface area (Å²) in [6, 6.07) is 7.92. The lowest BCUT2D eigenvalue weighted by atomic mass is 9.97. The molecule has 1 amide bonds. The first-order valence-corrected chi connectivity index (χ1v) is 11.7. The highest BCUT2D eigenvalue weighted by molar-refractivity contribution is 5.80. The fraction of sp³-hybridized carbons (Fsp3) is 0.407. The third-order valence-corrected chi connectivity index (χ3v) is 6.36. The lowest BCUT2D eigenvalue weighted by molar-refractivity contribution is -0.131. The SMILES string of the molecule is CCCc1ncc(-c2ccncc2C)c([C@@H]2CCCN2C(=O)Cc2ccc(OC)c(C)c2)n1. The Morgan fingerprint density at radius 1 is 1.15 bits per heavy atom. The van der Waals surface area contributed by atoms with Gasteiger partial charge in [0.15, 0.2) is 0 Å². The van der Waals surface area contributed by atoms with E-state index in [1.165, 1.54) is 0 Å². The van der Waals surface area contributed by atoms with Crippen LogP contribution in [0.1, 0.15) is 60.4 Å². The van der Waals surface area contributed by atoms with E-state index in [1.807, 2.05) is 48.5 Å². The fourth-order valence-electron chi connectivity index (χ4n) is 4.69. The van der Waals surface area contributed by atoms with Gasteiger partial charge < -0.3 is 9.64 Å². The molecule has 3 heterocycles. The van der Waals surface area contributed by atoms with E-state index in [0.717, 1.165) is 77.3 Å². The molecule has 1 aliphatic heterocycles. The molecule has 6 nitrogen and oxygen atoms in total. The number of hydrogen-bond donors (Lipinski definition) is 0. The molecule has 1 atom stereocenters. The van der Waals surface area contributed by atoms with E-state index in [-0.39, 0.29) is 11.9 Å². The summed E-state index contributed by atoms with van der Waals surface area (Å²) in [6.07, 6.45) is 9.66. The highest BCUT2D eigenvalue weighted by Gasteiger charge is 2.33. The van der Waals surface area contributed by atoms with Crippen molar-refractivity contribution in [3.63, 3.8) is 0 Å². The molecular weight excluding hydrogens is 412 g/mol. The maximum atomic E-state index is 13.4. The summed E-state index contributed by atoms with van der Waals surface area (Å²) in [6.45, 7) is 6.94. The van der Waals surface area contributed by atoms with E-state index in [4.69, 9.17) is 9.72 Å². The summed E-state index contributed by atoms with van der Waals surface area (Å²) < 4.78 is 5.36. The van der Waals surface area contributed by atoms with Gasteiger partial charge in [-0.05, 0) is 67.5 Å². The van der Waals surface area contributed by atoms with Gasteiger partial charge in [-0.25, -0.2) is 9.97 Å². The quantitative estimate of drug-likeness (QED) is 0.512. The van der Waals surface area contributed by atoms with E-state index in [1.54, 1.807) is 13.3 Å². The van der Waals surface area contributed by atoms with Gasteiger partial charge in [-0.1, -0.05) is 19.1 Å². The highest BCUT2D eigenvalue weighted by atomic mass is 16.5. The summed E-state index contributed by atoms with van der Waals surface area (Å²) in [5.74, 6) is 1.82. The summed E-state index contributed by atoms with van der Waals surface area (Å²) in [5.41, 5.74) is 6.15. The van der Waals surface area contributed by atoms with Crippen LogP contribution in [0.15, 0.2) is 42.9 Å². The molecule has 2 aromatic heterocycles. The predicted octanol–water partition coefficient (Wildman–Crippen LogP) is 5.02.